The zero-order chi connectivity index (χ0) is 10.8. The highest BCUT2D eigenvalue weighted by Gasteiger charge is 2.16. The van der Waals surface area contributed by atoms with E-state index in [1.165, 1.54) is 18.4 Å². The molecule has 0 radical (unpaired) electrons. The van der Waals surface area contributed by atoms with Crippen LogP contribution in [-0.2, 0) is 0 Å². The van der Waals surface area contributed by atoms with Crippen molar-refractivity contribution in [3.05, 3.63) is 29.8 Å². The van der Waals surface area contributed by atoms with Crippen LogP contribution in [0.15, 0.2) is 24.3 Å². The molecule has 1 fully saturated rings. The van der Waals surface area contributed by atoms with Gasteiger partial charge in [0, 0.05) is 11.6 Å². The highest BCUT2D eigenvalue weighted by atomic mass is 15.5. The smallest absolute Gasteiger partial charge is 0.204 e. The lowest BCUT2D eigenvalue weighted by atomic mass is 10.0. The molecule has 1 aromatic heterocycles. The summed E-state index contributed by atoms with van der Waals surface area (Å²) in [6, 6.07) is 8.80. The maximum absolute atomic E-state index is 3.99. The molecule has 0 bridgehead atoms. The highest BCUT2D eigenvalue weighted by Crippen LogP contribution is 2.25. The van der Waals surface area contributed by atoms with Gasteiger partial charge >= 0.3 is 0 Å². The van der Waals surface area contributed by atoms with E-state index in [2.05, 4.69) is 38.1 Å². The molecule has 16 heavy (non-hydrogen) atoms. The predicted octanol–water partition coefficient (Wildman–Crippen LogP) is 1.29. The van der Waals surface area contributed by atoms with Crippen LogP contribution in [0.2, 0.25) is 0 Å². The van der Waals surface area contributed by atoms with Gasteiger partial charge in [-0.2, -0.15) is 5.21 Å². The minimum atomic E-state index is 0.479. The molecule has 0 spiro atoms. The molecule has 0 aliphatic carbocycles. The maximum Gasteiger partial charge on any atom is 0.204 e. The molecule has 3 rings (SSSR count). The normalized spacial score (nSPS) is 20.1. The fourth-order valence-corrected chi connectivity index (χ4v) is 2.15. The molecule has 1 atom stereocenters. The Bertz CT molecular complexity index is 459. The number of hydrogen-bond donors (Lipinski definition) is 2. The zero-order valence-electron chi connectivity index (χ0n) is 8.85. The molecule has 5 nitrogen and oxygen atoms in total. The average molecular weight is 215 g/mol. The van der Waals surface area contributed by atoms with Gasteiger partial charge in [0.1, 0.15) is 0 Å². The van der Waals surface area contributed by atoms with Crippen molar-refractivity contribution in [2.75, 3.05) is 6.54 Å². The van der Waals surface area contributed by atoms with Gasteiger partial charge in [0.05, 0.1) is 0 Å². The van der Waals surface area contributed by atoms with Crippen LogP contribution in [-0.4, -0.2) is 27.2 Å². The van der Waals surface area contributed by atoms with E-state index < -0.39 is 0 Å². The Kier molecular flexibility index (Phi) is 2.38. The van der Waals surface area contributed by atoms with E-state index in [9.17, 15) is 0 Å². The van der Waals surface area contributed by atoms with Gasteiger partial charge in [0.15, 0.2) is 0 Å². The highest BCUT2D eigenvalue weighted by molar-refractivity contribution is 5.55. The summed E-state index contributed by atoms with van der Waals surface area (Å²) in [5.41, 5.74) is 2.32. The summed E-state index contributed by atoms with van der Waals surface area (Å²) in [6.45, 7) is 1.11. The largest absolute Gasteiger partial charge is 0.310 e. The number of rotatable bonds is 2. The third kappa shape index (κ3) is 1.69. The number of nitrogens with zero attached hydrogens (tertiary/aromatic N) is 3. The van der Waals surface area contributed by atoms with Gasteiger partial charge in [0.25, 0.3) is 0 Å². The van der Waals surface area contributed by atoms with Crippen LogP contribution in [0.25, 0.3) is 11.4 Å². The molecular weight excluding hydrogens is 202 g/mol. The van der Waals surface area contributed by atoms with Crippen LogP contribution in [0.5, 0.6) is 0 Å². The van der Waals surface area contributed by atoms with E-state index in [0.717, 1.165) is 12.1 Å². The Labute approximate surface area is 93.3 Å². The molecule has 82 valence electrons. The predicted molar refractivity (Wildman–Crippen MR) is 59.6 cm³/mol. The molecule has 2 heterocycles. The first kappa shape index (κ1) is 9.47. The van der Waals surface area contributed by atoms with Crippen molar-refractivity contribution in [1.82, 2.24) is 25.9 Å². The molecule has 1 aromatic carbocycles. The van der Waals surface area contributed by atoms with Crippen LogP contribution in [0.3, 0.4) is 0 Å². The summed E-state index contributed by atoms with van der Waals surface area (Å²) >= 11 is 0. The molecule has 2 N–H and O–H groups in total. The Morgan fingerprint density at radius 3 is 3.06 bits per heavy atom. The minimum absolute atomic E-state index is 0.479. The average Bonchev–Trinajstić information content (AvgIpc) is 3.03. The summed E-state index contributed by atoms with van der Waals surface area (Å²) in [5.74, 6) is 0.653. The van der Waals surface area contributed by atoms with Crippen LogP contribution in [0, 0.1) is 0 Å². The molecule has 5 heteroatoms. The molecule has 0 saturated carbocycles. The van der Waals surface area contributed by atoms with Crippen molar-refractivity contribution in [3.8, 4) is 11.4 Å². The van der Waals surface area contributed by atoms with E-state index in [4.69, 9.17) is 0 Å². The van der Waals surface area contributed by atoms with Crippen molar-refractivity contribution >= 4 is 0 Å². The molecule has 1 aliphatic rings. The summed E-state index contributed by atoms with van der Waals surface area (Å²) in [7, 11) is 0. The van der Waals surface area contributed by atoms with Gasteiger partial charge in [-0.15, -0.1) is 10.2 Å². The summed E-state index contributed by atoms with van der Waals surface area (Å²) < 4.78 is 0. The molecule has 0 amide bonds. The molecule has 1 aliphatic heterocycles. The minimum Gasteiger partial charge on any atom is -0.310 e. The maximum atomic E-state index is 3.99. The van der Waals surface area contributed by atoms with Gasteiger partial charge in [0.2, 0.25) is 5.82 Å². The molecule has 1 saturated heterocycles. The van der Waals surface area contributed by atoms with Crippen molar-refractivity contribution in [2.24, 2.45) is 0 Å². The van der Waals surface area contributed by atoms with E-state index in [0.29, 0.717) is 11.9 Å². The second-order valence-corrected chi connectivity index (χ2v) is 4.01. The van der Waals surface area contributed by atoms with Crippen LogP contribution < -0.4 is 5.32 Å². The third-order valence-corrected chi connectivity index (χ3v) is 2.95. The molecule has 1 unspecified atom stereocenters. The number of aromatic nitrogens is 4. The van der Waals surface area contributed by atoms with Crippen molar-refractivity contribution in [2.45, 2.75) is 18.9 Å². The van der Waals surface area contributed by atoms with Crippen LogP contribution in [0.1, 0.15) is 24.4 Å². The van der Waals surface area contributed by atoms with Crippen molar-refractivity contribution < 1.29 is 0 Å². The monoisotopic (exact) mass is 215 g/mol. The summed E-state index contributed by atoms with van der Waals surface area (Å²) in [5, 5.41) is 17.5. The Morgan fingerprint density at radius 2 is 2.31 bits per heavy atom. The van der Waals surface area contributed by atoms with Gasteiger partial charge in [-0.25, -0.2) is 0 Å². The number of nitrogens with one attached hydrogen (secondary N) is 2. The molecular formula is C11H13N5. The number of aromatic amines is 1. The third-order valence-electron chi connectivity index (χ3n) is 2.95. The van der Waals surface area contributed by atoms with Crippen LogP contribution >= 0.6 is 0 Å². The quantitative estimate of drug-likeness (QED) is 0.792. The van der Waals surface area contributed by atoms with Crippen molar-refractivity contribution in [3.63, 3.8) is 0 Å². The van der Waals surface area contributed by atoms with Crippen molar-refractivity contribution in [1.29, 1.82) is 0 Å². The second-order valence-electron chi connectivity index (χ2n) is 4.01. The van der Waals surface area contributed by atoms with E-state index in [1.807, 2.05) is 12.1 Å². The van der Waals surface area contributed by atoms with E-state index in [1.54, 1.807) is 0 Å². The lowest BCUT2D eigenvalue weighted by Crippen LogP contribution is -2.12. The SMILES string of the molecule is c1cc(-c2nn[nH]n2)cc(C2CCCN2)c1. The fraction of sp³-hybridized carbons (Fsp3) is 0.364. The first-order valence-electron chi connectivity index (χ1n) is 5.50. The van der Waals surface area contributed by atoms with Crippen LogP contribution in [0.4, 0.5) is 0 Å². The van der Waals surface area contributed by atoms with Gasteiger partial charge in [-0.05, 0) is 36.2 Å². The lowest BCUT2D eigenvalue weighted by molar-refractivity contribution is 0.648. The Morgan fingerprint density at radius 1 is 1.31 bits per heavy atom. The summed E-state index contributed by atoms with van der Waals surface area (Å²) in [4.78, 5) is 0. The number of benzene rings is 1. The number of tetrazole rings is 1. The van der Waals surface area contributed by atoms with E-state index >= 15 is 0 Å². The van der Waals surface area contributed by atoms with Gasteiger partial charge in [-0.3, -0.25) is 0 Å². The molecule has 2 aromatic rings. The number of hydrogen-bond acceptors (Lipinski definition) is 4. The second kappa shape index (κ2) is 4.02. The Balaban J connectivity index is 1.93. The fourth-order valence-electron chi connectivity index (χ4n) is 2.15. The standard InChI is InChI=1S/C11H13N5/c1-3-8(10-5-2-6-12-10)7-9(4-1)11-13-15-16-14-11/h1,3-4,7,10,12H,2,5-6H2,(H,13,14,15,16). The summed E-state index contributed by atoms with van der Waals surface area (Å²) in [6.07, 6.45) is 2.45. The van der Waals surface area contributed by atoms with Gasteiger partial charge in [-0.1, -0.05) is 18.2 Å². The first-order chi connectivity index (χ1) is 7.93. The topological polar surface area (TPSA) is 66.5 Å². The lowest BCUT2D eigenvalue weighted by Gasteiger charge is -2.10. The van der Waals surface area contributed by atoms with Gasteiger partial charge < -0.3 is 5.32 Å². The first-order valence-corrected chi connectivity index (χ1v) is 5.50. The van der Waals surface area contributed by atoms with E-state index in [-0.39, 0.29) is 0 Å². The number of H-pyrrole nitrogens is 1. The zero-order valence-corrected chi connectivity index (χ0v) is 8.85. The Hall–Kier alpha value is -1.75.